The van der Waals surface area contributed by atoms with Crippen molar-refractivity contribution in [2.45, 2.75) is 37.9 Å². The highest BCUT2D eigenvalue weighted by atomic mass is 16.5. The fourth-order valence-corrected chi connectivity index (χ4v) is 4.29. The van der Waals surface area contributed by atoms with Gasteiger partial charge < -0.3 is 14.5 Å². The summed E-state index contributed by atoms with van der Waals surface area (Å²) in [5.41, 5.74) is 2.08. The van der Waals surface area contributed by atoms with Crippen molar-refractivity contribution in [2.24, 2.45) is 0 Å². The number of nitrogens with zero attached hydrogens (tertiary/aromatic N) is 4. The number of ether oxygens (including phenoxy) is 1. The van der Waals surface area contributed by atoms with Gasteiger partial charge in [0, 0.05) is 37.4 Å². The maximum Gasteiger partial charge on any atom is 0.255 e. The fourth-order valence-electron chi connectivity index (χ4n) is 4.29. The molecule has 3 heterocycles. The Bertz CT molecular complexity index is 901. The van der Waals surface area contributed by atoms with Gasteiger partial charge in [-0.3, -0.25) is 4.79 Å². The first-order valence-corrected chi connectivity index (χ1v) is 10.2. The van der Waals surface area contributed by atoms with Crippen molar-refractivity contribution >= 4 is 11.6 Å². The van der Waals surface area contributed by atoms with Gasteiger partial charge in [0.15, 0.2) is 0 Å². The van der Waals surface area contributed by atoms with Crippen LogP contribution >= 0.6 is 0 Å². The highest BCUT2D eigenvalue weighted by Crippen LogP contribution is 2.35. The lowest BCUT2D eigenvalue weighted by atomic mass is 9.88. The van der Waals surface area contributed by atoms with Gasteiger partial charge in [-0.25, -0.2) is 4.98 Å². The monoisotopic (exact) mass is 390 g/mol. The third kappa shape index (κ3) is 4.31. The summed E-state index contributed by atoms with van der Waals surface area (Å²) in [7, 11) is 0. The standard InChI is InChI=1S/C23H26N4O2/c1-18-22(28)27(21-8-3-2-4-9-21)17-23(29-18)11-14-26(15-12-23)13-10-19-6-5-7-20(16-24)25-19/h2-9,18H,10-15,17H2,1H3. The van der Waals surface area contributed by atoms with E-state index in [-0.39, 0.29) is 11.5 Å². The number of benzene rings is 1. The summed E-state index contributed by atoms with van der Waals surface area (Å²) in [6.07, 6.45) is 2.21. The number of aromatic nitrogens is 1. The zero-order valence-corrected chi connectivity index (χ0v) is 16.8. The molecule has 2 fully saturated rings. The molecule has 6 heteroatoms. The molecule has 1 amide bonds. The molecule has 29 heavy (non-hydrogen) atoms. The predicted octanol–water partition coefficient (Wildman–Crippen LogP) is 2.78. The first-order chi connectivity index (χ1) is 14.1. The molecule has 2 saturated heterocycles. The van der Waals surface area contributed by atoms with Crippen LogP contribution in [0.2, 0.25) is 0 Å². The van der Waals surface area contributed by atoms with Gasteiger partial charge in [-0.1, -0.05) is 24.3 Å². The van der Waals surface area contributed by atoms with E-state index in [0.717, 1.165) is 50.3 Å². The Hall–Kier alpha value is -2.75. The maximum atomic E-state index is 12.7. The van der Waals surface area contributed by atoms with Crippen LogP contribution in [0.3, 0.4) is 0 Å². The third-order valence-electron chi connectivity index (χ3n) is 5.93. The lowest BCUT2D eigenvalue weighted by molar-refractivity contribution is -0.161. The number of rotatable bonds is 4. The van der Waals surface area contributed by atoms with Crippen molar-refractivity contribution < 1.29 is 9.53 Å². The van der Waals surface area contributed by atoms with Gasteiger partial charge in [-0.2, -0.15) is 5.26 Å². The Labute approximate surface area is 171 Å². The second-order valence-corrected chi connectivity index (χ2v) is 7.92. The van der Waals surface area contributed by atoms with Crippen LogP contribution in [0.4, 0.5) is 5.69 Å². The zero-order chi connectivity index (χ0) is 20.3. The molecule has 150 valence electrons. The molecular formula is C23H26N4O2. The van der Waals surface area contributed by atoms with E-state index in [2.05, 4.69) is 16.0 Å². The predicted molar refractivity (Wildman–Crippen MR) is 110 cm³/mol. The van der Waals surface area contributed by atoms with Crippen molar-refractivity contribution in [3.63, 3.8) is 0 Å². The second kappa shape index (κ2) is 8.32. The minimum absolute atomic E-state index is 0.0349. The Morgan fingerprint density at radius 3 is 2.66 bits per heavy atom. The number of morpholine rings is 1. The molecule has 0 aliphatic carbocycles. The van der Waals surface area contributed by atoms with Gasteiger partial charge in [-0.15, -0.1) is 0 Å². The van der Waals surface area contributed by atoms with Gasteiger partial charge in [0.05, 0.1) is 12.1 Å². The average molecular weight is 390 g/mol. The number of para-hydroxylation sites is 1. The Morgan fingerprint density at radius 2 is 1.93 bits per heavy atom. The minimum Gasteiger partial charge on any atom is -0.360 e. The normalized spacial score (nSPS) is 21.9. The number of anilines is 1. The first-order valence-electron chi connectivity index (χ1n) is 10.2. The highest BCUT2D eigenvalue weighted by molar-refractivity contribution is 5.97. The summed E-state index contributed by atoms with van der Waals surface area (Å²) in [5, 5.41) is 9.00. The van der Waals surface area contributed by atoms with Crippen LogP contribution in [0.5, 0.6) is 0 Å². The highest BCUT2D eigenvalue weighted by Gasteiger charge is 2.45. The quantitative estimate of drug-likeness (QED) is 0.803. The van der Waals surface area contributed by atoms with E-state index in [9.17, 15) is 4.79 Å². The maximum absolute atomic E-state index is 12.7. The molecule has 0 radical (unpaired) electrons. The number of nitriles is 1. The summed E-state index contributed by atoms with van der Waals surface area (Å²) in [5.74, 6) is 0.0349. The number of likely N-dealkylation sites (tertiary alicyclic amines) is 1. The molecule has 0 saturated carbocycles. The van der Waals surface area contributed by atoms with Gasteiger partial charge in [0.2, 0.25) is 0 Å². The Balaban J connectivity index is 1.37. The van der Waals surface area contributed by atoms with E-state index < -0.39 is 6.10 Å². The van der Waals surface area contributed by atoms with Crippen LogP contribution in [-0.4, -0.2) is 53.7 Å². The van der Waals surface area contributed by atoms with Crippen LogP contribution < -0.4 is 4.90 Å². The van der Waals surface area contributed by atoms with Crippen molar-refractivity contribution in [1.29, 1.82) is 5.26 Å². The van der Waals surface area contributed by atoms with Crippen LogP contribution in [0.1, 0.15) is 31.2 Å². The van der Waals surface area contributed by atoms with Crippen LogP contribution in [0.15, 0.2) is 48.5 Å². The molecule has 1 atom stereocenters. The summed E-state index contributed by atoms with van der Waals surface area (Å²) < 4.78 is 6.25. The number of pyridine rings is 1. The average Bonchev–Trinajstić information content (AvgIpc) is 2.77. The molecule has 1 spiro atoms. The van der Waals surface area contributed by atoms with Crippen LogP contribution in [0.25, 0.3) is 0 Å². The number of piperidine rings is 1. The number of hydrogen-bond donors (Lipinski definition) is 0. The summed E-state index contributed by atoms with van der Waals surface area (Å²) in [6, 6.07) is 17.6. The van der Waals surface area contributed by atoms with E-state index in [1.54, 1.807) is 6.07 Å². The second-order valence-electron chi connectivity index (χ2n) is 7.92. The molecular weight excluding hydrogens is 364 g/mol. The molecule has 2 aromatic rings. The van der Waals surface area contributed by atoms with Crippen molar-refractivity contribution in [3.05, 3.63) is 59.9 Å². The first kappa shape index (κ1) is 19.6. The SMILES string of the molecule is CC1OC2(CCN(CCc3cccc(C#N)n3)CC2)CN(c2ccccc2)C1=O. The summed E-state index contributed by atoms with van der Waals surface area (Å²) >= 11 is 0. The van der Waals surface area contributed by atoms with E-state index in [0.29, 0.717) is 12.2 Å². The van der Waals surface area contributed by atoms with Gasteiger partial charge in [0.1, 0.15) is 17.9 Å². The molecule has 0 bridgehead atoms. The molecule has 1 aromatic heterocycles. The molecule has 1 aromatic carbocycles. The molecule has 0 N–H and O–H groups in total. The summed E-state index contributed by atoms with van der Waals surface area (Å²) in [6.45, 7) is 5.25. The van der Waals surface area contributed by atoms with E-state index in [1.807, 2.05) is 54.3 Å². The Kier molecular flexibility index (Phi) is 5.61. The molecule has 6 nitrogen and oxygen atoms in total. The number of hydrogen-bond acceptors (Lipinski definition) is 5. The largest absolute Gasteiger partial charge is 0.360 e. The van der Waals surface area contributed by atoms with Gasteiger partial charge >= 0.3 is 0 Å². The van der Waals surface area contributed by atoms with E-state index in [4.69, 9.17) is 10.00 Å². The minimum atomic E-state index is -0.423. The van der Waals surface area contributed by atoms with Crippen molar-refractivity contribution in [1.82, 2.24) is 9.88 Å². The molecule has 2 aliphatic rings. The Morgan fingerprint density at radius 1 is 1.17 bits per heavy atom. The molecule has 1 unspecified atom stereocenters. The topological polar surface area (TPSA) is 69.5 Å². The van der Waals surface area contributed by atoms with Crippen LogP contribution in [0, 0.1) is 11.3 Å². The molecule has 2 aliphatic heterocycles. The fraction of sp³-hybridized carbons (Fsp3) is 0.435. The number of carbonyl (C=O) groups is 1. The van der Waals surface area contributed by atoms with Gasteiger partial charge in [-0.05, 0) is 44.0 Å². The van der Waals surface area contributed by atoms with Gasteiger partial charge in [0.25, 0.3) is 5.91 Å². The number of amides is 1. The van der Waals surface area contributed by atoms with Crippen LogP contribution in [-0.2, 0) is 16.0 Å². The lowest BCUT2D eigenvalue weighted by Crippen LogP contribution is -2.61. The lowest BCUT2D eigenvalue weighted by Gasteiger charge is -2.49. The smallest absolute Gasteiger partial charge is 0.255 e. The molecule has 4 rings (SSSR count). The van der Waals surface area contributed by atoms with E-state index >= 15 is 0 Å². The van der Waals surface area contributed by atoms with Crippen molar-refractivity contribution in [2.75, 3.05) is 31.1 Å². The third-order valence-corrected chi connectivity index (χ3v) is 5.93. The van der Waals surface area contributed by atoms with Crippen molar-refractivity contribution in [3.8, 4) is 6.07 Å². The number of carbonyl (C=O) groups excluding carboxylic acids is 1. The zero-order valence-electron chi connectivity index (χ0n) is 16.8. The summed E-state index contributed by atoms with van der Waals surface area (Å²) in [4.78, 5) is 21.4. The van der Waals surface area contributed by atoms with E-state index in [1.165, 1.54) is 0 Å².